The van der Waals surface area contributed by atoms with E-state index in [0.29, 0.717) is 6.07 Å². The summed E-state index contributed by atoms with van der Waals surface area (Å²) in [5.74, 6) is -4.13. The number of pyridine rings is 1. The summed E-state index contributed by atoms with van der Waals surface area (Å²) < 4.78 is 93.9. The van der Waals surface area contributed by atoms with Gasteiger partial charge in [-0.1, -0.05) is 19.8 Å². The molecule has 48 heavy (non-hydrogen) atoms. The monoisotopic (exact) mass is 676 g/mol. The minimum absolute atomic E-state index is 0.0876. The fraction of sp³-hybridized carbons (Fsp3) is 0.400. The van der Waals surface area contributed by atoms with E-state index in [1.165, 1.54) is 13.8 Å². The van der Waals surface area contributed by atoms with Crippen molar-refractivity contribution in [2.75, 3.05) is 13.2 Å². The van der Waals surface area contributed by atoms with Crippen molar-refractivity contribution in [1.29, 1.82) is 0 Å². The first-order chi connectivity index (χ1) is 22.4. The molecule has 1 fully saturated rings. The van der Waals surface area contributed by atoms with Gasteiger partial charge in [-0.3, -0.25) is 14.4 Å². The molecule has 256 valence electrons. The number of aryl methyl sites for hydroxylation is 2. The maximum Gasteiger partial charge on any atom is 0.416 e. The molecule has 1 aromatic heterocycles. The number of hydrogen-bond acceptors (Lipinski definition) is 4. The van der Waals surface area contributed by atoms with Gasteiger partial charge in [0.15, 0.2) is 0 Å². The number of benzene rings is 2. The lowest BCUT2D eigenvalue weighted by Gasteiger charge is -2.29. The number of halogens is 6. The highest BCUT2D eigenvalue weighted by Crippen LogP contribution is 2.39. The number of aromatic nitrogens is 1. The van der Waals surface area contributed by atoms with Crippen LogP contribution in [0.5, 0.6) is 0 Å². The van der Waals surface area contributed by atoms with Crippen molar-refractivity contribution in [3.63, 3.8) is 0 Å². The second-order valence-corrected chi connectivity index (χ2v) is 12.4. The number of carboxylic acids is 1. The van der Waals surface area contributed by atoms with Crippen LogP contribution in [0.3, 0.4) is 0 Å². The van der Waals surface area contributed by atoms with E-state index >= 15 is 8.78 Å². The number of hydrogen-bond donors (Lipinski definition) is 2. The Bertz CT molecular complexity index is 1820. The Hall–Kier alpha value is -4.57. The van der Waals surface area contributed by atoms with Gasteiger partial charge in [0.1, 0.15) is 23.5 Å². The zero-order chi connectivity index (χ0) is 35.7. The molecule has 2 atom stereocenters. The fourth-order valence-electron chi connectivity index (χ4n) is 6.05. The van der Waals surface area contributed by atoms with Gasteiger partial charge in [-0.2, -0.15) is 13.2 Å². The van der Waals surface area contributed by atoms with Gasteiger partial charge in [-0.05, 0) is 73.1 Å². The van der Waals surface area contributed by atoms with E-state index in [0.717, 1.165) is 29.0 Å². The van der Waals surface area contributed by atoms with Gasteiger partial charge in [0.05, 0.1) is 31.2 Å². The molecule has 1 aliphatic heterocycles. The zero-order valence-electron chi connectivity index (χ0n) is 26.6. The van der Waals surface area contributed by atoms with Crippen LogP contribution < -0.4 is 10.9 Å². The van der Waals surface area contributed by atoms with Crippen LogP contribution in [0.15, 0.2) is 35.3 Å². The van der Waals surface area contributed by atoms with Gasteiger partial charge in [0, 0.05) is 34.9 Å². The number of nitrogens with zero attached hydrogens (tertiary/aromatic N) is 1. The summed E-state index contributed by atoms with van der Waals surface area (Å²) in [5, 5.41) is 12.1. The van der Waals surface area contributed by atoms with E-state index in [1.54, 1.807) is 13.8 Å². The largest absolute Gasteiger partial charge is 0.481 e. The maximum absolute atomic E-state index is 16.5. The first kappa shape index (κ1) is 36.3. The number of carboxylic acid groups (broad SMARTS) is 1. The zero-order valence-corrected chi connectivity index (χ0v) is 26.6. The molecular weight excluding hydrogens is 642 g/mol. The Kier molecular flexibility index (Phi) is 10.8. The average Bonchev–Trinajstić information content (AvgIpc) is 2.93. The number of carbonyl (C=O) groups is 2. The Morgan fingerprint density at radius 2 is 1.71 bits per heavy atom. The predicted octanol–water partition coefficient (Wildman–Crippen LogP) is 6.66. The highest BCUT2D eigenvalue weighted by molar-refractivity contribution is 5.82. The van der Waals surface area contributed by atoms with Crippen LogP contribution in [0.2, 0.25) is 0 Å². The lowest BCUT2D eigenvalue weighted by Crippen LogP contribution is -2.41. The molecule has 1 aliphatic rings. The predicted molar refractivity (Wildman–Crippen MR) is 165 cm³/mol. The Morgan fingerprint density at radius 3 is 2.21 bits per heavy atom. The molecule has 0 spiro atoms. The van der Waals surface area contributed by atoms with E-state index in [-0.39, 0.29) is 71.3 Å². The SMILES string of the molecule is C#Cc1cc(F)c([C@H](CC(=O)O)NC(=O)[C@H](CC(C)C)n2cc(CC3COC3)c(C(F)(F)F)cc2=O)c(F)c1-c1c(C)cc(F)cc1C. The van der Waals surface area contributed by atoms with E-state index in [2.05, 4.69) is 11.2 Å². The topological polar surface area (TPSA) is 97.6 Å². The third kappa shape index (κ3) is 7.76. The number of aliphatic carboxylic acids is 1. The molecule has 0 unspecified atom stereocenters. The van der Waals surface area contributed by atoms with Gasteiger partial charge in [-0.15, -0.1) is 6.42 Å². The van der Waals surface area contributed by atoms with Gasteiger partial charge >= 0.3 is 12.1 Å². The maximum atomic E-state index is 16.5. The van der Waals surface area contributed by atoms with Crippen molar-refractivity contribution >= 4 is 11.9 Å². The standard InChI is InChI=1S/C35H34F6N2O5/c1-6-21-11-25(37)32(33(38)31(21)30-18(4)8-23(36)9-19(30)5)26(13-29(45)46)42-34(47)27(7-17(2)3)43-14-22(10-20-15-48-16-20)24(12-28(43)44)35(39,40)41/h1,8-9,11-12,14,17,20,26-27H,7,10,13,15-16H2,2-5H3,(H,42,47)(H,45,46)/t26-,27-/m0/s1. The molecule has 3 aromatic rings. The molecular formula is C35H34F6N2O5. The van der Waals surface area contributed by atoms with Crippen LogP contribution in [0.4, 0.5) is 26.3 Å². The minimum atomic E-state index is -4.86. The fourth-order valence-corrected chi connectivity index (χ4v) is 6.05. The first-order valence-electron chi connectivity index (χ1n) is 15.1. The number of nitrogens with one attached hydrogen (secondary N) is 1. The van der Waals surface area contributed by atoms with Gasteiger partial charge in [0.2, 0.25) is 5.91 Å². The lowest BCUT2D eigenvalue weighted by molar-refractivity contribution is -0.139. The van der Waals surface area contributed by atoms with Crippen molar-refractivity contribution in [3.8, 4) is 23.5 Å². The average molecular weight is 677 g/mol. The van der Waals surface area contributed by atoms with Crippen LogP contribution in [0, 0.1) is 55.5 Å². The molecule has 0 saturated carbocycles. The Balaban J connectivity index is 1.85. The van der Waals surface area contributed by atoms with E-state index in [4.69, 9.17) is 11.2 Å². The minimum Gasteiger partial charge on any atom is -0.481 e. The molecule has 2 N–H and O–H groups in total. The van der Waals surface area contributed by atoms with Crippen molar-refractivity contribution in [3.05, 3.63) is 91.6 Å². The second kappa shape index (κ2) is 14.3. The van der Waals surface area contributed by atoms with Crippen LogP contribution in [-0.4, -0.2) is 34.8 Å². The Labute approximate surface area is 272 Å². The van der Waals surface area contributed by atoms with Crippen molar-refractivity contribution < 1.29 is 45.8 Å². The molecule has 1 saturated heterocycles. The molecule has 13 heteroatoms. The number of rotatable bonds is 11. The van der Waals surface area contributed by atoms with E-state index < -0.39 is 70.7 Å². The summed E-state index contributed by atoms with van der Waals surface area (Å²) in [4.78, 5) is 39.0. The number of ether oxygens (including phenoxy) is 1. The summed E-state index contributed by atoms with van der Waals surface area (Å²) in [6, 6.07) is 0.108. The van der Waals surface area contributed by atoms with Gasteiger partial charge in [-0.25, -0.2) is 13.2 Å². The van der Waals surface area contributed by atoms with Crippen LogP contribution >= 0.6 is 0 Å². The van der Waals surface area contributed by atoms with Crippen molar-refractivity contribution in [2.45, 2.75) is 65.2 Å². The Morgan fingerprint density at radius 1 is 1.08 bits per heavy atom. The number of terminal acetylenes is 1. The summed E-state index contributed by atoms with van der Waals surface area (Å²) in [6.07, 6.45) is 0.472. The van der Waals surface area contributed by atoms with Crippen LogP contribution in [0.1, 0.15) is 72.2 Å². The number of alkyl halides is 3. The third-order valence-electron chi connectivity index (χ3n) is 8.22. The van der Waals surface area contributed by atoms with E-state index in [9.17, 15) is 37.1 Å². The van der Waals surface area contributed by atoms with Gasteiger partial charge in [0.25, 0.3) is 5.56 Å². The molecule has 0 aliphatic carbocycles. The van der Waals surface area contributed by atoms with Crippen LogP contribution in [-0.2, 0) is 26.9 Å². The normalized spacial score (nSPS) is 14.7. The highest BCUT2D eigenvalue weighted by Gasteiger charge is 2.37. The molecule has 1 amide bonds. The van der Waals surface area contributed by atoms with Crippen molar-refractivity contribution in [1.82, 2.24) is 9.88 Å². The van der Waals surface area contributed by atoms with Crippen molar-refractivity contribution in [2.24, 2.45) is 11.8 Å². The smallest absolute Gasteiger partial charge is 0.416 e. The summed E-state index contributed by atoms with van der Waals surface area (Å²) in [6.45, 7) is 6.78. The molecule has 0 radical (unpaired) electrons. The lowest BCUT2D eigenvalue weighted by atomic mass is 9.88. The number of amides is 1. The molecule has 2 aromatic carbocycles. The quantitative estimate of drug-likeness (QED) is 0.175. The molecule has 4 rings (SSSR count). The van der Waals surface area contributed by atoms with E-state index in [1.807, 2.05) is 0 Å². The molecule has 2 heterocycles. The first-order valence-corrected chi connectivity index (χ1v) is 15.1. The molecule has 7 nitrogen and oxygen atoms in total. The van der Waals surface area contributed by atoms with Gasteiger partial charge < -0.3 is 19.7 Å². The third-order valence-corrected chi connectivity index (χ3v) is 8.22. The highest BCUT2D eigenvalue weighted by atomic mass is 19.4. The second-order valence-electron chi connectivity index (χ2n) is 12.4. The number of carbonyl (C=O) groups excluding carboxylic acids is 1. The molecule has 0 bridgehead atoms. The van der Waals surface area contributed by atoms with Crippen LogP contribution in [0.25, 0.3) is 11.1 Å². The summed E-state index contributed by atoms with van der Waals surface area (Å²) in [5.41, 5.74) is -3.30. The summed E-state index contributed by atoms with van der Waals surface area (Å²) in [7, 11) is 0. The summed E-state index contributed by atoms with van der Waals surface area (Å²) >= 11 is 0.